The first kappa shape index (κ1) is 21.3. The summed E-state index contributed by atoms with van der Waals surface area (Å²) in [7, 11) is -2.80. The maximum absolute atomic E-state index is 14.3. The van der Waals surface area contributed by atoms with Gasteiger partial charge in [0.25, 0.3) is 0 Å². The summed E-state index contributed by atoms with van der Waals surface area (Å²) in [6, 6.07) is 32.4. The van der Waals surface area contributed by atoms with Crippen LogP contribution in [0.2, 0.25) is 0 Å². The third-order valence-corrected chi connectivity index (χ3v) is 10.4. The maximum atomic E-state index is 14.3. The monoisotopic (exact) mass is 440 g/mol. The van der Waals surface area contributed by atoms with E-state index in [-0.39, 0.29) is 0 Å². The van der Waals surface area contributed by atoms with E-state index in [1.165, 1.54) is 6.07 Å². The minimum absolute atomic E-state index is 0.311. The van der Waals surface area contributed by atoms with E-state index in [0.717, 1.165) is 22.0 Å². The molecule has 0 aliphatic heterocycles. The summed E-state index contributed by atoms with van der Waals surface area (Å²) < 4.78 is 54.4. The van der Waals surface area contributed by atoms with Gasteiger partial charge in [-0.25, -0.2) is 0 Å². The SMILES string of the molecule is Fc1cc(C[PH](c2ccccc2)(c2ccccc2)c2ccccc2)cc(C(F)(F)F)c1. The van der Waals surface area contributed by atoms with Gasteiger partial charge in [-0.15, -0.1) is 0 Å². The second-order valence-electron chi connectivity index (χ2n) is 7.53. The van der Waals surface area contributed by atoms with Gasteiger partial charge in [0.05, 0.1) is 0 Å². The van der Waals surface area contributed by atoms with Crippen LogP contribution in [0.4, 0.5) is 17.6 Å². The predicted molar refractivity (Wildman–Crippen MR) is 122 cm³/mol. The van der Waals surface area contributed by atoms with Crippen LogP contribution < -0.4 is 15.9 Å². The molecule has 0 aliphatic carbocycles. The van der Waals surface area contributed by atoms with Crippen molar-refractivity contribution in [1.29, 1.82) is 0 Å². The Labute approximate surface area is 179 Å². The zero-order chi connectivity index (χ0) is 21.9. The molecular formula is C26H21F4P. The van der Waals surface area contributed by atoms with Crippen LogP contribution in [0.1, 0.15) is 11.1 Å². The molecule has 4 aromatic rings. The Morgan fingerprint density at radius 1 is 0.581 bits per heavy atom. The fourth-order valence-corrected chi connectivity index (χ4v) is 8.91. The molecule has 4 aromatic carbocycles. The summed E-state index contributed by atoms with van der Waals surface area (Å²) in [6.45, 7) is 0. The molecule has 0 aromatic heterocycles. The van der Waals surface area contributed by atoms with Gasteiger partial charge in [0.15, 0.2) is 0 Å². The Morgan fingerprint density at radius 3 is 1.39 bits per heavy atom. The summed E-state index contributed by atoms with van der Waals surface area (Å²) in [6.07, 6.45) is -4.29. The molecule has 5 heteroatoms. The van der Waals surface area contributed by atoms with Crippen LogP contribution in [0.25, 0.3) is 0 Å². The number of alkyl halides is 3. The zero-order valence-corrected chi connectivity index (χ0v) is 17.6. The molecule has 0 unspecified atom stereocenters. The second kappa shape index (κ2) is 8.64. The fourth-order valence-electron chi connectivity index (χ4n) is 4.20. The van der Waals surface area contributed by atoms with E-state index < -0.39 is 24.8 Å². The van der Waals surface area contributed by atoms with Crippen LogP contribution >= 0.6 is 7.26 Å². The Morgan fingerprint density at radius 2 is 1.00 bits per heavy atom. The topological polar surface area (TPSA) is 0 Å². The van der Waals surface area contributed by atoms with Crippen LogP contribution in [0, 0.1) is 5.82 Å². The average molecular weight is 440 g/mol. The van der Waals surface area contributed by atoms with Crippen LogP contribution in [0.3, 0.4) is 0 Å². The molecule has 0 radical (unpaired) electrons. The van der Waals surface area contributed by atoms with Gasteiger partial charge in [-0.1, -0.05) is 0 Å². The van der Waals surface area contributed by atoms with Gasteiger partial charge in [-0.2, -0.15) is 0 Å². The molecule has 31 heavy (non-hydrogen) atoms. The van der Waals surface area contributed by atoms with E-state index in [1.807, 2.05) is 91.0 Å². The Balaban J connectivity index is 1.99. The zero-order valence-electron chi connectivity index (χ0n) is 16.6. The Bertz CT molecular complexity index is 1040. The minimum atomic E-state index is -4.60. The first-order valence-corrected chi connectivity index (χ1v) is 12.1. The molecule has 0 saturated carbocycles. The van der Waals surface area contributed by atoms with Crippen molar-refractivity contribution in [3.05, 3.63) is 126 Å². The molecule has 0 bridgehead atoms. The van der Waals surface area contributed by atoms with Gasteiger partial charge in [0.2, 0.25) is 0 Å². The van der Waals surface area contributed by atoms with Gasteiger partial charge in [-0.3, -0.25) is 0 Å². The van der Waals surface area contributed by atoms with Gasteiger partial charge >= 0.3 is 179 Å². The van der Waals surface area contributed by atoms with Crippen molar-refractivity contribution >= 4 is 23.2 Å². The van der Waals surface area contributed by atoms with Crippen molar-refractivity contribution < 1.29 is 17.6 Å². The molecule has 0 amide bonds. The number of benzene rings is 4. The quantitative estimate of drug-likeness (QED) is 0.261. The van der Waals surface area contributed by atoms with Crippen molar-refractivity contribution in [2.24, 2.45) is 0 Å². The van der Waals surface area contributed by atoms with Crippen molar-refractivity contribution in [1.82, 2.24) is 0 Å². The Hall–Kier alpha value is -2.97. The molecule has 0 atom stereocenters. The van der Waals surface area contributed by atoms with Crippen LogP contribution in [0.5, 0.6) is 0 Å². The second-order valence-corrected chi connectivity index (χ2v) is 11.4. The average Bonchev–Trinajstić information content (AvgIpc) is 2.78. The normalized spacial score (nSPS) is 12.5. The van der Waals surface area contributed by atoms with E-state index in [4.69, 9.17) is 0 Å². The summed E-state index contributed by atoms with van der Waals surface area (Å²) >= 11 is 0. The molecule has 0 spiro atoms. The third-order valence-electron chi connectivity index (χ3n) is 5.55. The van der Waals surface area contributed by atoms with Gasteiger partial charge in [-0.05, 0) is 0 Å². The van der Waals surface area contributed by atoms with E-state index in [9.17, 15) is 17.6 Å². The Kier molecular flexibility index (Phi) is 5.93. The standard InChI is InChI=1S/C26H21F4P/c27-22-17-20(16-21(18-22)26(28,29)30)19-31(23-10-4-1-5-11-23,24-12-6-2-7-13-24)25-14-8-3-9-15-25/h1-18,31H,19H2. The molecule has 0 N–H and O–H groups in total. The van der Waals surface area contributed by atoms with E-state index in [2.05, 4.69) is 0 Å². The summed E-state index contributed by atoms with van der Waals surface area (Å²) in [5, 5.41) is 3.18. The molecule has 0 saturated heterocycles. The van der Waals surface area contributed by atoms with Gasteiger partial charge in [0, 0.05) is 0 Å². The van der Waals surface area contributed by atoms with E-state index >= 15 is 0 Å². The molecule has 0 heterocycles. The number of hydrogen-bond acceptors (Lipinski definition) is 0. The van der Waals surface area contributed by atoms with Gasteiger partial charge in [0.1, 0.15) is 0 Å². The number of hydrogen-bond donors (Lipinski definition) is 0. The van der Waals surface area contributed by atoms with Crippen LogP contribution in [0.15, 0.2) is 109 Å². The molecule has 0 fully saturated rings. The molecule has 0 aliphatic rings. The summed E-state index contributed by atoms with van der Waals surface area (Å²) in [5.74, 6) is -0.873. The van der Waals surface area contributed by atoms with E-state index in [0.29, 0.717) is 17.8 Å². The summed E-state index contributed by atoms with van der Waals surface area (Å²) in [4.78, 5) is 0. The third kappa shape index (κ3) is 4.40. The first-order chi connectivity index (χ1) is 14.9. The predicted octanol–water partition coefficient (Wildman–Crippen LogP) is 6.07. The number of halogens is 4. The van der Waals surface area contributed by atoms with Crippen LogP contribution in [-0.2, 0) is 12.3 Å². The summed E-state index contributed by atoms with van der Waals surface area (Å²) in [5.41, 5.74) is -0.616. The first-order valence-electron chi connectivity index (χ1n) is 9.93. The number of rotatable bonds is 5. The van der Waals surface area contributed by atoms with Gasteiger partial charge < -0.3 is 0 Å². The van der Waals surface area contributed by atoms with Crippen molar-refractivity contribution in [2.75, 3.05) is 0 Å². The fraction of sp³-hybridized carbons (Fsp3) is 0.0769. The van der Waals surface area contributed by atoms with E-state index in [1.54, 1.807) is 0 Å². The molecule has 0 nitrogen and oxygen atoms in total. The molecular weight excluding hydrogens is 419 g/mol. The molecule has 4 rings (SSSR count). The molecule has 158 valence electrons. The van der Waals surface area contributed by atoms with Crippen molar-refractivity contribution in [3.8, 4) is 0 Å². The van der Waals surface area contributed by atoms with Crippen LogP contribution in [-0.4, -0.2) is 0 Å². The van der Waals surface area contributed by atoms with Crippen molar-refractivity contribution in [2.45, 2.75) is 12.3 Å². The van der Waals surface area contributed by atoms with Crippen molar-refractivity contribution in [3.63, 3.8) is 0 Å².